The van der Waals surface area contributed by atoms with Crippen molar-refractivity contribution >= 4 is 24.7 Å². The zero-order chi connectivity index (χ0) is 18.4. The van der Waals surface area contributed by atoms with E-state index in [1.807, 2.05) is 27.7 Å². The molecule has 8 heteroatoms. The van der Waals surface area contributed by atoms with Crippen molar-refractivity contribution in [1.82, 2.24) is 9.66 Å². The Labute approximate surface area is 147 Å². The van der Waals surface area contributed by atoms with Gasteiger partial charge in [-0.2, -0.15) is 5.10 Å². The van der Waals surface area contributed by atoms with Crippen molar-refractivity contribution in [3.63, 3.8) is 0 Å². The molecule has 0 radical (unpaired) electrons. The van der Waals surface area contributed by atoms with Crippen LogP contribution < -0.4 is 11.2 Å². The monoisotopic (exact) mass is 344 g/mol. The predicted octanol–water partition coefficient (Wildman–Crippen LogP) is 2.09. The molecule has 0 amide bonds. The molecule has 2 N–H and O–H groups in total. The van der Waals surface area contributed by atoms with Gasteiger partial charge in [-0.1, -0.05) is 12.1 Å². The molecule has 0 aliphatic carbocycles. The Morgan fingerprint density at radius 3 is 2.44 bits per heavy atom. The number of aromatic nitrogens is 2. The van der Waals surface area contributed by atoms with Crippen molar-refractivity contribution < 1.29 is 13.7 Å². The summed E-state index contributed by atoms with van der Waals surface area (Å²) in [7, 11) is -0.677. The van der Waals surface area contributed by atoms with Crippen molar-refractivity contribution in [3.8, 4) is 0 Å². The van der Waals surface area contributed by atoms with Crippen LogP contribution in [-0.2, 0) is 9.31 Å². The minimum absolute atomic E-state index is 0.238. The maximum atomic E-state index is 14.4. The topological polar surface area (TPSA) is 74.7 Å². The molecule has 3 rings (SSSR count). The lowest BCUT2D eigenvalue weighted by Crippen LogP contribution is -2.41. The average Bonchev–Trinajstić information content (AvgIpc) is 2.92. The highest BCUT2D eigenvalue weighted by Gasteiger charge is 2.52. The second kappa shape index (κ2) is 5.96. The number of hydrogen-bond acceptors (Lipinski definition) is 5. The number of rotatable bonds is 3. The summed E-state index contributed by atoms with van der Waals surface area (Å²) in [5.74, 6) is -0.173. The van der Waals surface area contributed by atoms with E-state index in [0.717, 1.165) is 5.69 Å². The van der Waals surface area contributed by atoms with Gasteiger partial charge in [0.25, 0.3) is 0 Å². The summed E-state index contributed by atoms with van der Waals surface area (Å²) in [6.45, 7) is 9.62. The number of aryl methyl sites for hydroxylation is 1. The molecule has 0 saturated carbocycles. The van der Waals surface area contributed by atoms with E-state index in [1.165, 1.54) is 17.0 Å². The zero-order valence-electron chi connectivity index (χ0n) is 15.1. The molecular weight excluding hydrogens is 322 g/mol. The number of halogens is 1. The van der Waals surface area contributed by atoms with Gasteiger partial charge >= 0.3 is 7.12 Å². The predicted molar refractivity (Wildman–Crippen MR) is 96.5 cm³/mol. The molecule has 1 saturated heterocycles. The number of anilines is 1. The van der Waals surface area contributed by atoms with E-state index < -0.39 is 24.1 Å². The summed E-state index contributed by atoms with van der Waals surface area (Å²) in [5, 5.41) is 4.22. The number of benzene rings is 1. The first-order valence-electron chi connectivity index (χ1n) is 8.10. The second-order valence-electron chi connectivity index (χ2n) is 7.16. The maximum absolute atomic E-state index is 14.4. The van der Waals surface area contributed by atoms with Gasteiger partial charge in [-0.25, -0.2) is 14.1 Å². The van der Waals surface area contributed by atoms with Crippen molar-refractivity contribution in [2.24, 2.45) is 5.10 Å². The Bertz CT molecular complexity index is 816. The molecule has 0 atom stereocenters. The van der Waals surface area contributed by atoms with Crippen LogP contribution in [0.15, 0.2) is 29.5 Å². The largest absolute Gasteiger partial charge is 0.495 e. The molecule has 132 valence electrons. The zero-order valence-corrected chi connectivity index (χ0v) is 15.1. The molecule has 2 heterocycles. The molecule has 6 nitrogen and oxygen atoms in total. The number of hydrogen-bond donors (Lipinski definition) is 1. The minimum Gasteiger partial charge on any atom is -0.399 e. The van der Waals surface area contributed by atoms with Gasteiger partial charge in [-0.15, -0.1) is 0 Å². The molecule has 1 aliphatic rings. The molecule has 0 unspecified atom stereocenters. The molecule has 1 aromatic carbocycles. The Kier molecular flexibility index (Phi) is 4.21. The highest BCUT2D eigenvalue weighted by molar-refractivity contribution is 6.63. The Morgan fingerprint density at radius 1 is 1.24 bits per heavy atom. The van der Waals surface area contributed by atoms with Crippen molar-refractivity contribution in [1.29, 1.82) is 0 Å². The van der Waals surface area contributed by atoms with Crippen LogP contribution in [0.2, 0.25) is 0 Å². The summed E-state index contributed by atoms with van der Waals surface area (Å²) in [5.41, 5.74) is 6.36. The van der Waals surface area contributed by atoms with Crippen LogP contribution in [0.1, 0.15) is 39.0 Å². The van der Waals surface area contributed by atoms with E-state index >= 15 is 0 Å². The molecule has 0 spiro atoms. The third-order valence-corrected chi connectivity index (χ3v) is 4.74. The van der Waals surface area contributed by atoms with E-state index in [2.05, 4.69) is 10.1 Å². The highest BCUT2D eigenvalue weighted by Crippen LogP contribution is 2.36. The van der Waals surface area contributed by atoms with Crippen LogP contribution in [-0.4, -0.2) is 34.2 Å². The van der Waals surface area contributed by atoms with Crippen LogP contribution in [0.4, 0.5) is 10.3 Å². The van der Waals surface area contributed by atoms with Gasteiger partial charge in [0, 0.05) is 5.56 Å². The third kappa shape index (κ3) is 3.19. The van der Waals surface area contributed by atoms with Crippen LogP contribution in [0, 0.1) is 12.7 Å². The van der Waals surface area contributed by atoms with Crippen molar-refractivity contribution in [2.45, 2.75) is 45.8 Å². The molecule has 25 heavy (non-hydrogen) atoms. The van der Waals surface area contributed by atoms with Gasteiger partial charge in [0.2, 0.25) is 5.95 Å². The van der Waals surface area contributed by atoms with Gasteiger partial charge < -0.3 is 15.0 Å². The number of nitrogens with two attached hydrogens (primary N) is 1. The first-order valence-corrected chi connectivity index (χ1v) is 8.10. The van der Waals surface area contributed by atoms with Crippen molar-refractivity contribution in [3.05, 3.63) is 41.5 Å². The normalized spacial score (nSPS) is 19.0. The maximum Gasteiger partial charge on any atom is 0.495 e. The Hall–Kier alpha value is -2.19. The molecular formula is C17H22BFN4O2. The standard InChI is InChI=1S/C17H22BFN4O2/c1-11-10-23(15(20)22-11)21-9-12-13(7-6-8-14(12)19)18-24-16(2,3)17(4,5)25-18/h6-10H,1-5H3,(H2,20,22). The van der Waals surface area contributed by atoms with E-state index in [0.29, 0.717) is 11.0 Å². The van der Waals surface area contributed by atoms with Crippen LogP contribution in [0.25, 0.3) is 0 Å². The number of nitrogens with zero attached hydrogens (tertiary/aromatic N) is 3. The average molecular weight is 344 g/mol. The van der Waals surface area contributed by atoms with Gasteiger partial charge in [-0.05, 0) is 46.1 Å². The lowest BCUT2D eigenvalue weighted by Gasteiger charge is -2.32. The minimum atomic E-state index is -0.677. The lowest BCUT2D eigenvalue weighted by molar-refractivity contribution is 0.00578. The second-order valence-corrected chi connectivity index (χ2v) is 7.16. The van der Waals surface area contributed by atoms with Crippen LogP contribution in [0.3, 0.4) is 0 Å². The van der Waals surface area contributed by atoms with Gasteiger partial charge in [-0.3, -0.25) is 0 Å². The van der Waals surface area contributed by atoms with E-state index in [9.17, 15) is 4.39 Å². The SMILES string of the molecule is Cc1cn(N=Cc2c(F)cccc2B2OC(C)(C)C(C)(C)O2)c(N)n1. The molecule has 1 fully saturated rings. The van der Waals surface area contributed by atoms with Gasteiger partial charge in [0.15, 0.2) is 0 Å². The summed E-state index contributed by atoms with van der Waals surface area (Å²) >= 11 is 0. The fourth-order valence-electron chi connectivity index (χ4n) is 2.58. The fraction of sp³-hybridized carbons (Fsp3) is 0.412. The smallest absolute Gasteiger partial charge is 0.399 e. The molecule has 1 aromatic heterocycles. The van der Waals surface area contributed by atoms with E-state index in [-0.39, 0.29) is 5.95 Å². The summed E-state index contributed by atoms with van der Waals surface area (Å²) < 4.78 is 27.9. The highest BCUT2D eigenvalue weighted by atomic mass is 19.1. The summed E-state index contributed by atoms with van der Waals surface area (Å²) in [4.78, 5) is 4.07. The summed E-state index contributed by atoms with van der Waals surface area (Å²) in [6.07, 6.45) is 3.08. The third-order valence-electron chi connectivity index (χ3n) is 4.74. The van der Waals surface area contributed by atoms with Crippen molar-refractivity contribution in [2.75, 3.05) is 5.73 Å². The Balaban J connectivity index is 1.98. The van der Waals surface area contributed by atoms with E-state index in [1.54, 1.807) is 25.3 Å². The van der Waals surface area contributed by atoms with Gasteiger partial charge in [0.1, 0.15) is 5.82 Å². The first-order chi connectivity index (χ1) is 11.6. The number of imidazole rings is 1. The molecule has 1 aliphatic heterocycles. The Morgan fingerprint density at radius 2 is 1.88 bits per heavy atom. The number of nitrogen functional groups attached to an aromatic ring is 1. The quantitative estimate of drug-likeness (QED) is 0.684. The fourth-order valence-corrected chi connectivity index (χ4v) is 2.58. The summed E-state index contributed by atoms with van der Waals surface area (Å²) in [6, 6.07) is 4.77. The van der Waals surface area contributed by atoms with Crippen LogP contribution >= 0.6 is 0 Å². The van der Waals surface area contributed by atoms with Crippen LogP contribution in [0.5, 0.6) is 0 Å². The lowest BCUT2D eigenvalue weighted by atomic mass is 9.76. The molecule has 2 aromatic rings. The molecule has 0 bridgehead atoms. The van der Waals surface area contributed by atoms with Gasteiger partial charge in [0.05, 0.1) is 29.3 Å². The van der Waals surface area contributed by atoms with E-state index in [4.69, 9.17) is 15.0 Å². The first kappa shape index (κ1) is 17.6.